The summed E-state index contributed by atoms with van der Waals surface area (Å²) >= 11 is 2.20. The Labute approximate surface area is 122 Å². The van der Waals surface area contributed by atoms with Gasteiger partial charge in [-0.25, -0.2) is 4.39 Å². The van der Waals surface area contributed by atoms with Crippen molar-refractivity contribution < 1.29 is 4.39 Å². The van der Waals surface area contributed by atoms with Crippen LogP contribution in [-0.4, -0.2) is 0 Å². The lowest BCUT2D eigenvalue weighted by Gasteiger charge is -2.35. The van der Waals surface area contributed by atoms with E-state index < -0.39 is 0 Å². The lowest BCUT2D eigenvalue weighted by Crippen LogP contribution is -2.30. The van der Waals surface area contributed by atoms with Crippen LogP contribution in [0.15, 0.2) is 18.2 Å². The lowest BCUT2D eigenvalue weighted by atomic mass is 9.73. The predicted molar refractivity (Wildman–Crippen MR) is 81.8 cm³/mol. The second kappa shape index (κ2) is 6.33. The molecule has 0 saturated heterocycles. The zero-order valence-electron chi connectivity index (χ0n) is 10.8. The maximum Gasteiger partial charge on any atom is 0.124 e. The first-order valence-corrected chi connectivity index (χ1v) is 7.92. The smallest absolute Gasteiger partial charge is 0.124 e. The molecule has 3 unspecified atom stereocenters. The van der Waals surface area contributed by atoms with Crippen molar-refractivity contribution in [3.63, 3.8) is 0 Å². The van der Waals surface area contributed by atoms with Gasteiger partial charge in [0.2, 0.25) is 0 Å². The van der Waals surface area contributed by atoms with Crippen molar-refractivity contribution in [3.05, 3.63) is 33.1 Å². The average molecular weight is 361 g/mol. The molecule has 1 nitrogen and oxygen atoms in total. The Balaban J connectivity index is 2.20. The minimum atomic E-state index is -0.175. The van der Waals surface area contributed by atoms with E-state index in [0.29, 0.717) is 5.92 Å². The van der Waals surface area contributed by atoms with Crippen LogP contribution in [0, 0.1) is 21.2 Å². The summed E-state index contributed by atoms with van der Waals surface area (Å²) in [7, 11) is 0. The summed E-state index contributed by atoms with van der Waals surface area (Å²) in [5, 5.41) is 0. The third-order valence-corrected chi connectivity index (χ3v) is 5.21. The first-order valence-electron chi connectivity index (χ1n) is 6.84. The van der Waals surface area contributed by atoms with Crippen molar-refractivity contribution in [3.8, 4) is 0 Å². The summed E-state index contributed by atoms with van der Waals surface area (Å²) < 4.78 is 14.1. The summed E-state index contributed by atoms with van der Waals surface area (Å²) in [6.07, 6.45) is 6.34. The molecular weight excluding hydrogens is 340 g/mol. The van der Waals surface area contributed by atoms with E-state index in [1.165, 1.54) is 38.2 Å². The van der Waals surface area contributed by atoms with Crippen molar-refractivity contribution in [2.24, 2.45) is 17.6 Å². The van der Waals surface area contributed by atoms with Crippen LogP contribution in [-0.2, 0) is 0 Å². The van der Waals surface area contributed by atoms with E-state index >= 15 is 0 Å². The normalized spacial score (nSPS) is 26.0. The second-order valence-electron chi connectivity index (χ2n) is 5.31. The van der Waals surface area contributed by atoms with Crippen LogP contribution in [0.2, 0.25) is 0 Å². The monoisotopic (exact) mass is 361 g/mol. The van der Waals surface area contributed by atoms with Crippen molar-refractivity contribution in [1.29, 1.82) is 0 Å². The van der Waals surface area contributed by atoms with Crippen molar-refractivity contribution in [1.82, 2.24) is 0 Å². The van der Waals surface area contributed by atoms with E-state index in [0.717, 1.165) is 15.1 Å². The lowest BCUT2D eigenvalue weighted by molar-refractivity contribution is 0.196. The number of nitrogens with two attached hydrogens (primary N) is 1. The maximum atomic E-state index is 13.2. The molecule has 0 radical (unpaired) electrons. The van der Waals surface area contributed by atoms with Crippen molar-refractivity contribution in [2.75, 3.05) is 0 Å². The second-order valence-corrected chi connectivity index (χ2v) is 6.47. The molecule has 100 valence electrons. The molecule has 18 heavy (non-hydrogen) atoms. The fourth-order valence-electron chi connectivity index (χ4n) is 3.22. The van der Waals surface area contributed by atoms with Crippen LogP contribution < -0.4 is 5.73 Å². The van der Waals surface area contributed by atoms with Gasteiger partial charge in [-0.3, -0.25) is 0 Å². The van der Waals surface area contributed by atoms with Gasteiger partial charge in [-0.2, -0.15) is 0 Å². The van der Waals surface area contributed by atoms with Crippen LogP contribution in [0.25, 0.3) is 0 Å². The average Bonchev–Trinajstić information content (AvgIpc) is 2.38. The molecule has 0 aliphatic heterocycles. The van der Waals surface area contributed by atoms with Gasteiger partial charge in [0.25, 0.3) is 0 Å². The summed E-state index contributed by atoms with van der Waals surface area (Å²) in [6, 6.07) is 5.03. The molecule has 3 atom stereocenters. The maximum absolute atomic E-state index is 13.2. The minimum absolute atomic E-state index is 0.0581. The Morgan fingerprint density at radius 1 is 1.39 bits per heavy atom. The molecule has 1 aliphatic carbocycles. The minimum Gasteiger partial charge on any atom is -0.324 e. The van der Waals surface area contributed by atoms with E-state index in [1.54, 1.807) is 6.07 Å². The Kier molecular flexibility index (Phi) is 5.01. The van der Waals surface area contributed by atoms with Crippen LogP contribution in [0.3, 0.4) is 0 Å². The standard InChI is InChI=1S/C15H21FIN/c1-2-10-5-3-4-6-12(10)15(18)13-8-7-11(16)9-14(13)17/h7-10,12,15H,2-6,18H2,1H3. The third kappa shape index (κ3) is 3.05. The number of halogens is 2. The number of rotatable bonds is 3. The highest BCUT2D eigenvalue weighted by atomic mass is 127. The van der Waals surface area contributed by atoms with E-state index in [2.05, 4.69) is 29.5 Å². The van der Waals surface area contributed by atoms with Gasteiger partial charge in [0.05, 0.1) is 0 Å². The molecule has 1 aliphatic rings. The van der Waals surface area contributed by atoms with E-state index in [-0.39, 0.29) is 11.9 Å². The van der Waals surface area contributed by atoms with Crippen LogP contribution >= 0.6 is 22.6 Å². The van der Waals surface area contributed by atoms with E-state index in [4.69, 9.17) is 5.73 Å². The summed E-state index contributed by atoms with van der Waals surface area (Å²) in [5.41, 5.74) is 7.57. The van der Waals surface area contributed by atoms with Gasteiger partial charge in [-0.1, -0.05) is 38.7 Å². The van der Waals surface area contributed by atoms with E-state index in [9.17, 15) is 4.39 Å². The first-order chi connectivity index (χ1) is 8.63. The van der Waals surface area contributed by atoms with Gasteiger partial charge in [-0.05, 0) is 58.5 Å². The van der Waals surface area contributed by atoms with E-state index in [1.807, 2.05) is 6.07 Å². The van der Waals surface area contributed by atoms with Crippen molar-refractivity contribution in [2.45, 2.75) is 45.1 Å². The SMILES string of the molecule is CCC1CCCCC1C(N)c1ccc(F)cc1I. The fourth-order valence-corrected chi connectivity index (χ4v) is 4.06. The number of benzene rings is 1. The van der Waals surface area contributed by atoms with Gasteiger partial charge in [-0.15, -0.1) is 0 Å². The molecule has 0 spiro atoms. The van der Waals surface area contributed by atoms with Crippen LogP contribution in [0.4, 0.5) is 4.39 Å². The van der Waals surface area contributed by atoms with Crippen molar-refractivity contribution >= 4 is 22.6 Å². The Morgan fingerprint density at radius 2 is 2.11 bits per heavy atom. The molecule has 0 amide bonds. The largest absolute Gasteiger partial charge is 0.324 e. The van der Waals surface area contributed by atoms with Gasteiger partial charge < -0.3 is 5.73 Å². The van der Waals surface area contributed by atoms with Crippen LogP contribution in [0.1, 0.15) is 50.6 Å². The highest BCUT2D eigenvalue weighted by Gasteiger charge is 2.30. The molecule has 1 fully saturated rings. The Morgan fingerprint density at radius 3 is 2.78 bits per heavy atom. The Hall–Kier alpha value is -0.160. The molecule has 1 aromatic carbocycles. The summed E-state index contributed by atoms with van der Waals surface area (Å²) in [5.74, 6) is 1.11. The van der Waals surface area contributed by atoms with Gasteiger partial charge in [0, 0.05) is 9.61 Å². The summed E-state index contributed by atoms with van der Waals surface area (Å²) in [4.78, 5) is 0. The van der Waals surface area contributed by atoms with Gasteiger partial charge in [0.1, 0.15) is 5.82 Å². The molecule has 0 aromatic heterocycles. The molecule has 1 saturated carbocycles. The zero-order chi connectivity index (χ0) is 13.1. The molecule has 2 N–H and O–H groups in total. The molecular formula is C15H21FIN. The molecule has 0 heterocycles. The predicted octanol–water partition coefficient (Wildman–Crippen LogP) is 4.65. The summed E-state index contributed by atoms with van der Waals surface area (Å²) in [6.45, 7) is 2.26. The number of hydrogen-bond donors (Lipinski definition) is 1. The topological polar surface area (TPSA) is 26.0 Å². The zero-order valence-corrected chi connectivity index (χ0v) is 13.0. The van der Waals surface area contributed by atoms with Crippen LogP contribution in [0.5, 0.6) is 0 Å². The molecule has 1 aromatic rings. The molecule has 0 bridgehead atoms. The molecule has 2 rings (SSSR count). The highest BCUT2D eigenvalue weighted by Crippen LogP contribution is 2.40. The van der Waals surface area contributed by atoms with Gasteiger partial charge in [0.15, 0.2) is 0 Å². The quantitative estimate of drug-likeness (QED) is 0.780. The Bertz CT molecular complexity index is 407. The third-order valence-electron chi connectivity index (χ3n) is 4.28. The van der Waals surface area contributed by atoms with Gasteiger partial charge >= 0.3 is 0 Å². The first kappa shape index (κ1) is 14.3. The number of hydrogen-bond acceptors (Lipinski definition) is 1. The highest BCUT2D eigenvalue weighted by molar-refractivity contribution is 14.1. The fraction of sp³-hybridized carbons (Fsp3) is 0.600. The molecule has 3 heteroatoms.